The minimum atomic E-state index is -0.150. The maximum atomic E-state index is 12.2. The normalized spacial score (nSPS) is 13.6. The number of aromatic nitrogens is 1. The highest BCUT2D eigenvalue weighted by molar-refractivity contribution is 7.14. The number of thiazole rings is 1. The molecule has 0 bridgehead atoms. The average Bonchev–Trinajstić information content (AvgIpc) is 3.28. The summed E-state index contributed by atoms with van der Waals surface area (Å²) in [7, 11) is 0. The second kappa shape index (κ2) is 6.73. The first-order valence-corrected chi connectivity index (χ1v) is 8.83. The highest BCUT2D eigenvalue weighted by Gasteiger charge is 2.31. The highest BCUT2D eigenvalue weighted by atomic mass is 32.1. The van der Waals surface area contributed by atoms with Crippen LogP contribution in [0.1, 0.15) is 36.6 Å². The number of carbonyl (C=O) groups is 2. The molecular formula is C18H20N2O3S. The summed E-state index contributed by atoms with van der Waals surface area (Å²) in [6.45, 7) is 5.64. The standard InChI is InChI=1S/C18H20N2O3S/c1-11-5-4-6-12(2)16(11)20(13(3)21)18-19-15(10-24-18)9-23-17(22)14-7-8-14/h4-6,10,14H,7-9H2,1-3H3. The molecule has 1 heterocycles. The fraction of sp³-hybridized carbons (Fsp3) is 0.389. The maximum Gasteiger partial charge on any atom is 0.309 e. The number of hydrogen-bond acceptors (Lipinski definition) is 5. The van der Waals surface area contributed by atoms with Crippen LogP contribution in [0.4, 0.5) is 10.8 Å². The van der Waals surface area contributed by atoms with Gasteiger partial charge in [-0.2, -0.15) is 0 Å². The smallest absolute Gasteiger partial charge is 0.309 e. The number of anilines is 2. The zero-order chi connectivity index (χ0) is 17.3. The molecule has 1 aliphatic carbocycles. The second-order valence-corrected chi connectivity index (χ2v) is 6.93. The van der Waals surface area contributed by atoms with E-state index >= 15 is 0 Å². The lowest BCUT2D eigenvalue weighted by atomic mass is 10.1. The summed E-state index contributed by atoms with van der Waals surface area (Å²) in [4.78, 5) is 30.0. The summed E-state index contributed by atoms with van der Waals surface area (Å²) in [6.07, 6.45) is 1.84. The van der Waals surface area contributed by atoms with E-state index in [0.717, 1.165) is 29.7 Å². The van der Waals surface area contributed by atoms with E-state index in [1.165, 1.54) is 18.3 Å². The van der Waals surface area contributed by atoms with E-state index < -0.39 is 0 Å². The molecular weight excluding hydrogens is 324 g/mol. The first-order chi connectivity index (χ1) is 11.5. The predicted molar refractivity (Wildman–Crippen MR) is 93.4 cm³/mol. The molecule has 0 saturated heterocycles. The van der Waals surface area contributed by atoms with Gasteiger partial charge in [-0.25, -0.2) is 4.98 Å². The molecule has 0 unspecified atom stereocenters. The van der Waals surface area contributed by atoms with Crippen LogP contribution >= 0.6 is 11.3 Å². The van der Waals surface area contributed by atoms with Crippen molar-refractivity contribution in [1.82, 2.24) is 4.98 Å². The Morgan fingerprint density at radius 3 is 2.54 bits per heavy atom. The van der Waals surface area contributed by atoms with E-state index in [0.29, 0.717) is 10.8 Å². The third kappa shape index (κ3) is 3.48. The summed E-state index contributed by atoms with van der Waals surface area (Å²) in [5.74, 6) is -0.169. The number of hydrogen-bond donors (Lipinski definition) is 0. The molecule has 0 atom stereocenters. The molecule has 0 aliphatic heterocycles. The Balaban J connectivity index is 1.82. The van der Waals surface area contributed by atoms with E-state index in [-0.39, 0.29) is 24.4 Å². The van der Waals surface area contributed by atoms with Gasteiger partial charge in [-0.3, -0.25) is 14.5 Å². The van der Waals surface area contributed by atoms with Gasteiger partial charge in [0, 0.05) is 12.3 Å². The molecule has 5 nitrogen and oxygen atoms in total. The second-order valence-electron chi connectivity index (χ2n) is 6.10. The van der Waals surface area contributed by atoms with Crippen molar-refractivity contribution in [2.45, 2.75) is 40.2 Å². The van der Waals surface area contributed by atoms with E-state index in [9.17, 15) is 9.59 Å². The van der Waals surface area contributed by atoms with Crippen LogP contribution in [0.2, 0.25) is 0 Å². The van der Waals surface area contributed by atoms with Crippen LogP contribution in [0.25, 0.3) is 0 Å². The van der Waals surface area contributed by atoms with Gasteiger partial charge in [-0.1, -0.05) is 18.2 Å². The van der Waals surface area contributed by atoms with Crippen LogP contribution in [0.15, 0.2) is 23.6 Å². The molecule has 0 N–H and O–H groups in total. The Labute approximate surface area is 145 Å². The lowest BCUT2D eigenvalue weighted by molar-refractivity contribution is -0.146. The van der Waals surface area contributed by atoms with Crippen molar-refractivity contribution in [3.63, 3.8) is 0 Å². The van der Waals surface area contributed by atoms with Crippen molar-refractivity contribution >= 4 is 34.0 Å². The van der Waals surface area contributed by atoms with Gasteiger partial charge < -0.3 is 4.74 Å². The molecule has 3 rings (SSSR count). The summed E-state index contributed by atoms with van der Waals surface area (Å²) >= 11 is 1.38. The number of ether oxygens (including phenoxy) is 1. The molecule has 0 radical (unpaired) electrons. The first kappa shape index (κ1) is 16.6. The van der Waals surface area contributed by atoms with Gasteiger partial charge in [0.2, 0.25) is 5.91 Å². The number of nitrogens with zero attached hydrogens (tertiary/aromatic N) is 2. The Kier molecular flexibility index (Phi) is 4.66. The minimum Gasteiger partial charge on any atom is -0.459 e. The van der Waals surface area contributed by atoms with Gasteiger partial charge in [-0.05, 0) is 37.8 Å². The minimum absolute atomic E-state index is 0.0754. The Morgan fingerprint density at radius 1 is 1.29 bits per heavy atom. The molecule has 24 heavy (non-hydrogen) atoms. The number of amides is 1. The zero-order valence-corrected chi connectivity index (χ0v) is 14.9. The van der Waals surface area contributed by atoms with Crippen LogP contribution in [0, 0.1) is 19.8 Å². The van der Waals surface area contributed by atoms with Crippen LogP contribution in [-0.4, -0.2) is 16.9 Å². The van der Waals surface area contributed by atoms with Crippen molar-refractivity contribution in [3.8, 4) is 0 Å². The molecule has 1 aromatic heterocycles. The molecule has 1 saturated carbocycles. The van der Waals surface area contributed by atoms with E-state index in [2.05, 4.69) is 4.98 Å². The van der Waals surface area contributed by atoms with Crippen molar-refractivity contribution in [3.05, 3.63) is 40.4 Å². The largest absolute Gasteiger partial charge is 0.459 e. The van der Waals surface area contributed by atoms with Gasteiger partial charge in [0.1, 0.15) is 6.61 Å². The third-order valence-electron chi connectivity index (χ3n) is 3.98. The number of rotatable bonds is 5. The van der Waals surface area contributed by atoms with E-state index in [1.807, 2.05) is 37.4 Å². The summed E-state index contributed by atoms with van der Waals surface area (Å²) in [6, 6.07) is 5.92. The summed E-state index contributed by atoms with van der Waals surface area (Å²) in [5.41, 5.74) is 3.56. The monoisotopic (exact) mass is 344 g/mol. The van der Waals surface area contributed by atoms with Gasteiger partial charge in [-0.15, -0.1) is 11.3 Å². The molecule has 1 aromatic carbocycles. The molecule has 1 amide bonds. The van der Waals surface area contributed by atoms with Gasteiger partial charge >= 0.3 is 5.97 Å². The Morgan fingerprint density at radius 2 is 1.96 bits per heavy atom. The number of esters is 1. The Bertz CT molecular complexity index is 760. The Hall–Kier alpha value is -2.21. The number of aryl methyl sites for hydroxylation is 2. The molecule has 1 fully saturated rings. The predicted octanol–water partition coefficient (Wildman–Crippen LogP) is 3.90. The van der Waals surface area contributed by atoms with Crippen molar-refractivity contribution in [2.75, 3.05) is 4.90 Å². The molecule has 0 spiro atoms. The van der Waals surface area contributed by atoms with Gasteiger partial charge in [0.05, 0.1) is 17.3 Å². The topological polar surface area (TPSA) is 59.5 Å². The molecule has 126 valence electrons. The number of carbonyl (C=O) groups excluding carboxylic acids is 2. The van der Waals surface area contributed by atoms with E-state index in [4.69, 9.17) is 4.74 Å². The average molecular weight is 344 g/mol. The molecule has 6 heteroatoms. The third-order valence-corrected chi connectivity index (χ3v) is 4.86. The van der Waals surface area contributed by atoms with E-state index in [1.54, 1.807) is 4.90 Å². The SMILES string of the molecule is CC(=O)N(c1nc(COC(=O)C2CC2)cs1)c1c(C)cccc1C. The number of para-hydroxylation sites is 1. The lowest BCUT2D eigenvalue weighted by Gasteiger charge is -2.22. The lowest BCUT2D eigenvalue weighted by Crippen LogP contribution is -2.24. The maximum absolute atomic E-state index is 12.2. The summed E-state index contributed by atoms with van der Waals surface area (Å²) < 4.78 is 5.26. The van der Waals surface area contributed by atoms with Crippen molar-refractivity contribution < 1.29 is 14.3 Å². The first-order valence-electron chi connectivity index (χ1n) is 7.95. The van der Waals surface area contributed by atoms with Crippen LogP contribution < -0.4 is 4.90 Å². The van der Waals surface area contributed by atoms with Gasteiger partial charge in [0.15, 0.2) is 5.13 Å². The fourth-order valence-corrected chi connectivity index (χ4v) is 3.45. The molecule has 2 aromatic rings. The zero-order valence-electron chi connectivity index (χ0n) is 14.0. The summed E-state index contributed by atoms with van der Waals surface area (Å²) in [5, 5.41) is 2.43. The van der Waals surface area contributed by atoms with Crippen LogP contribution in [0.5, 0.6) is 0 Å². The highest BCUT2D eigenvalue weighted by Crippen LogP contribution is 2.34. The molecule has 1 aliphatic rings. The van der Waals surface area contributed by atoms with Gasteiger partial charge in [0.25, 0.3) is 0 Å². The van der Waals surface area contributed by atoms with Crippen LogP contribution in [0.3, 0.4) is 0 Å². The number of benzene rings is 1. The fourth-order valence-electron chi connectivity index (χ4n) is 2.59. The quantitative estimate of drug-likeness (QED) is 0.772. The van der Waals surface area contributed by atoms with Crippen molar-refractivity contribution in [2.24, 2.45) is 5.92 Å². The van der Waals surface area contributed by atoms with Crippen molar-refractivity contribution in [1.29, 1.82) is 0 Å². The van der Waals surface area contributed by atoms with Crippen LogP contribution in [-0.2, 0) is 20.9 Å².